The number of carbonyl (C=O) groups excluding carboxylic acids is 2. The van der Waals surface area contributed by atoms with Crippen LogP contribution in [0.4, 0.5) is 0 Å². The van der Waals surface area contributed by atoms with Crippen molar-refractivity contribution < 1.29 is 24.2 Å². The summed E-state index contributed by atoms with van der Waals surface area (Å²) in [6, 6.07) is 0. The molecule has 0 aliphatic carbocycles. The predicted molar refractivity (Wildman–Crippen MR) is 51.2 cm³/mol. The monoisotopic (exact) mass is 227 g/mol. The molecule has 0 aromatic heterocycles. The molecule has 2 heterocycles. The predicted octanol–water partition coefficient (Wildman–Crippen LogP) is -0.373. The van der Waals surface area contributed by atoms with E-state index in [-0.39, 0.29) is 6.42 Å². The quantitative estimate of drug-likeness (QED) is 0.571. The molecule has 90 valence electrons. The standard InChI is InChI=1S/C11H16O5/c1-10(2)6-11(3-4-15-10)7(9(13)14)5-8(12)16-11/h7H,3-6H2,1-2H3,(H,13,14)/p-1/t7-,11+/m1/s1. The largest absolute Gasteiger partial charge is 0.550 e. The Hall–Kier alpha value is -1.10. The van der Waals surface area contributed by atoms with Gasteiger partial charge in [-0.1, -0.05) is 0 Å². The van der Waals surface area contributed by atoms with E-state index in [1.165, 1.54) is 0 Å². The zero-order chi connectivity index (χ0) is 12.0. The van der Waals surface area contributed by atoms with E-state index in [2.05, 4.69) is 0 Å². The molecular formula is C11H15O5-. The first-order valence-electron chi connectivity index (χ1n) is 5.41. The van der Waals surface area contributed by atoms with Crippen LogP contribution in [-0.2, 0) is 19.1 Å². The molecule has 0 bridgehead atoms. The van der Waals surface area contributed by atoms with Gasteiger partial charge in [0.1, 0.15) is 5.60 Å². The Morgan fingerprint density at radius 1 is 1.50 bits per heavy atom. The summed E-state index contributed by atoms with van der Waals surface area (Å²) in [5, 5.41) is 11.0. The van der Waals surface area contributed by atoms with E-state index in [1.807, 2.05) is 13.8 Å². The summed E-state index contributed by atoms with van der Waals surface area (Å²) in [6.07, 6.45) is 0.754. The minimum atomic E-state index is -1.21. The van der Waals surface area contributed by atoms with Crippen LogP contribution in [0.15, 0.2) is 0 Å². The van der Waals surface area contributed by atoms with Crippen molar-refractivity contribution in [1.29, 1.82) is 0 Å². The van der Waals surface area contributed by atoms with Gasteiger partial charge in [0.05, 0.1) is 18.6 Å². The smallest absolute Gasteiger partial charge is 0.307 e. The Bertz CT molecular complexity index is 335. The lowest BCUT2D eigenvalue weighted by molar-refractivity contribution is -0.317. The molecule has 5 heteroatoms. The second-order valence-electron chi connectivity index (χ2n) is 5.15. The van der Waals surface area contributed by atoms with E-state index >= 15 is 0 Å². The lowest BCUT2D eigenvalue weighted by Gasteiger charge is -2.44. The highest BCUT2D eigenvalue weighted by molar-refractivity contribution is 5.82. The number of rotatable bonds is 1. The normalized spacial score (nSPS) is 37.4. The van der Waals surface area contributed by atoms with Gasteiger partial charge in [-0.3, -0.25) is 4.79 Å². The van der Waals surface area contributed by atoms with Crippen molar-refractivity contribution in [2.24, 2.45) is 5.92 Å². The van der Waals surface area contributed by atoms with Crippen molar-refractivity contribution in [3.05, 3.63) is 0 Å². The van der Waals surface area contributed by atoms with Gasteiger partial charge in [-0.25, -0.2) is 0 Å². The summed E-state index contributed by atoms with van der Waals surface area (Å²) in [5.41, 5.74) is -1.38. The van der Waals surface area contributed by atoms with Gasteiger partial charge in [0.15, 0.2) is 0 Å². The second kappa shape index (κ2) is 3.45. The summed E-state index contributed by atoms with van der Waals surface area (Å²) >= 11 is 0. The van der Waals surface area contributed by atoms with Crippen LogP contribution in [0.3, 0.4) is 0 Å². The van der Waals surface area contributed by atoms with Gasteiger partial charge in [0, 0.05) is 24.7 Å². The minimum absolute atomic E-state index is 0.0849. The summed E-state index contributed by atoms with van der Waals surface area (Å²) < 4.78 is 10.8. The molecule has 0 amide bonds. The summed E-state index contributed by atoms with van der Waals surface area (Å²) in [4.78, 5) is 22.3. The van der Waals surface area contributed by atoms with E-state index < -0.39 is 29.1 Å². The van der Waals surface area contributed by atoms with Crippen molar-refractivity contribution in [2.45, 2.75) is 44.3 Å². The minimum Gasteiger partial charge on any atom is -0.550 e. The zero-order valence-electron chi connectivity index (χ0n) is 9.45. The number of carboxylic acid groups (broad SMARTS) is 1. The molecule has 0 saturated carbocycles. The third kappa shape index (κ3) is 1.80. The SMILES string of the molecule is CC1(C)C[C@]2(CCO1)OC(=O)C[C@@H]2C(=O)[O-]. The van der Waals surface area contributed by atoms with Crippen LogP contribution in [-0.4, -0.2) is 29.7 Å². The first-order chi connectivity index (χ1) is 7.35. The molecule has 2 saturated heterocycles. The number of ether oxygens (including phenoxy) is 2. The van der Waals surface area contributed by atoms with Gasteiger partial charge in [-0.15, -0.1) is 0 Å². The van der Waals surface area contributed by atoms with E-state index in [9.17, 15) is 14.7 Å². The van der Waals surface area contributed by atoms with Crippen LogP contribution >= 0.6 is 0 Å². The molecule has 2 atom stereocenters. The number of aliphatic carboxylic acids is 1. The van der Waals surface area contributed by atoms with Gasteiger partial charge in [0.2, 0.25) is 0 Å². The van der Waals surface area contributed by atoms with Gasteiger partial charge in [0.25, 0.3) is 0 Å². The summed E-state index contributed by atoms with van der Waals surface area (Å²) in [5.74, 6) is -2.50. The van der Waals surface area contributed by atoms with E-state index in [4.69, 9.17) is 9.47 Å². The zero-order valence-corrected chi connectivity index (χ0v) is 9.45. The van der Waals surface area contributed by atoms with E-state index in [0.29, 0.717) is 19.4 Å². The third-order valence-electron chi connectivity index (χ3n) is 3.35. The van der Waals surface area contributed by atoms with Crippen molar-refractivity contribution in [3.63, 3.8) is 0 Å². The molecule has 5 nitrogen and oxygen atoms in total. The Morgan fingerprint density at radius 3 is 2.75 bits per heavy atom. The summed E-state index contributed by atoms with van der Waals surface area (Å²) in [6.45, 7) is 4.14. The highest BCUT2D eigenvalue weighted by atomic mass is 16.6. The molecule has 0 aromatic rings. The number of hydrogen-bond donors (Lipinski definition) is 0. The lowest BCUT2D eigenvalue weighted by Crippen LogP contribution is -2.53. The Morgan fingerprint density at radius 2 is 2.19 bits per heavy atom. The molecule has 2 fully saturated rings. The lowest BCUT2D eigenvalue weighted by atomic mass is 9.75. The van der Waals surface area contributed by atoms with E-state index in [1.54, 1.807) is 0 Å². The van der Waals surface area contributed by atoms with Crippen LogP contribution < -0.4 is 5.11 Å². The Kier molecular flexibility index (Phi) is 2.45. The highest BCUT2D eigenvalue weighted by Gasteiger charge is 2.54. The van der Waals surface area contributed by atoms with Crippen LogP contribution in [0.25, 0.3) is 0 Å². The molecule has 0 unspecified atom stereocenters. The molecule has 2 aliphatic rings. The fraction of sp³-hybridized carbons (Fsp3) is 0.818. The van der Waals surface area contributed by atoms with Crippen LogP contribution in [0.1, 0.15) is 33.1 Å². The van der Waals surface area contributed by atoms with Crippen molar-refractivity contribution >= 4 is 11.9 Å². The average molecular weight is 227 g/mol. The van der Waals surface area contributed by atoms with Crippen LogP contribution in [0.2, 0.25) is 0 Å². The molecule has 0 radical (unpaired) electrons. The molecular weight excluding hydrogens is 212 g/mol. The highest BCUT2D eigenvalue weighted by Crippen LogP contribution is 2.45. The number of hydrogen-bond acceptors (Lipinski definition) is 5. The van der Waals surface area contributed by atoms with Gasteiger partial charge < -0.3 is 19.4 Å². The third-order valence-corrected chi connectivity index (χ3v) is 3.35. The van der Waals surface area contributed by atoms with Gasteiger partial charge in [-0.05, 0) is 13.8 Å². The van der Waals surface area contributed by atoms with Crippen LogP contribution in [0.5, 0.6) is 0 Å². The topological polar surface area (TPSA) is 75.7 Å². The van der Waals surface area contributed by atoms with Crippen molar-refractivity contribution in [2.75, 3.05) is 6.61 Å². The van der Waals surface area contributed by atoms with Crippen LogP contribution in [0, 0.1) is 5.92 Å². The van der Waals surface area contributed by atoms with Crippen molar-refractivity contribution in [1.82, 2.24) is 0 Å². The molecule has 2 rings (SSSR count). The summed E-state index contributed by atoms with van der Waals surface area (Å²) in [7, 11) is 0. The Labute approximate surface area is 93.7 Å². The van der Waals surface area contributed by atoms with Crippen molar-refractivity contribution in [3.8, 4) is 0 Å². The maximum atomic E-state index is 11.3. The fourth-order valence-electron chi connectivity index (χ4n) is 2.73. The van der Waals surface area contributed by atoms with Gasteiger partial charge >= 0.3 is 5.97 Å². The molecule has 2 aliphatic heterocycles. The number of carbonyl (C=O) groups is 2. The first-order valence-corrected chi connectivity index (χ1v) is 5.41. The molecule has 0 aromatic carbocycles. The molecule has 16 heavy (non-hydrogen) atoms. The molecule has 1 spiro atoms. The van der Waals surface area contributed by atoms with E-state index in [0.717, 1.165) is 0 Å². The average Bonchev–Trinajstić information content (AvgIpc) is 2.40. The number of carboxylic acids is 1. The first kappa shape index (κ1) is 11.4. The fourth-order valence-corrected chi connectivity index (χ4v) is 2.73. The maximum absolute atomic E-state index is 11.3. The second-order valence-corrected chi connectivity index (χ2v) is 5.15. The molecule has 0 N–H and O–H groups in total. The van der Waals surface area contributed by atoms with Gasteiger partial charge in [-0.2, -0.15) is 0 Å². The number of esters is 1. The Balaban J connectivity index is 2.28. The maximum Gasteiger partial charge on any atom is 0.307 e.